The Morgan fingerprint density at radius 2 is 1.76 bits per heavy atom. The van der Waals surface area contributed by atoms with E-state index in [0.717, 1.165) is 12.0 Å². The highest BCUT2D eigenvalue weighted by Gasteiger charge is 2.47. The Labute approximate surface area is 124 Å². The molecule has 1 saturated heterocycles. The lowest BCUT2D eigenvalue weighted by molar-refractivity contribution is -0.148. The van der Waals surface area contributed by atoms with Gasteiger partial charge in [0.15, 0.2) is 0 Å². The fourth-order valence-electron chi connectivity index (χ4n) is 3.39. The summed E-state index contributed by atoms with van der Waals surface area (Å²) in [5.41, 5.74) is 0.0112. The molecule has 112 valence electrons. The summed E-state index contributed by atoms with van der Waals surface area (Å²) < 4.78 is 0. The molecule has 21 heavy (non-hydrogen) atoms. The molecule has 2 unspecified atom stereocenters. The molecule has 2 atom stereocenters. The second-order valence-corrected chi connectivity index (χ2v) is 6.40. The van der Waals surface area contributed by atoms with Crippen LogP contribution in [0.5, 0.6) is 0 Å². The minimum absolute atomic E-state index is 0.180. The maximum absolute atomic E-state index is 12.3. The maximum atomic E-state index is 12.3. The van der Waals surface area contributed by atoms with E-state index in [1.54, 1.807) is 0 Å². The molecule has 1 aromatic rings. The minimum Gasteiger partial charge on any atom is -0.481 e. The zero-order chi connectivity index (χ0) is 15.0. The van der Waals surface area contributed by atoms with E-state index in [9.17, 15) is 14.7 Å². The maximum Gasteiger partial charge on any atom is 0.314 e. The molecular weight excluding hydrogens is 266 g/mol. The fraction of sp³-hybridized carbons (Fsp3) is 0.529. The molecule has 4 nitrogen and oxygen atoms in total. The summed E-state index contributed by atoms with van der Waals surface area (Å²) >= 11 is 0. The zero-order valence-corrected chi connectivity index (χ0v) is 12.3. The third-order valence-electron chi connectivity index (χ3n) is 5.09. The molecule has 0 spiro atoms. The quantitative estimate of drug-likeness (QED) is 0.928. The van der Waals surface area contributed by atoms with Crippen LogP contribution in [0.2, 0.25) is 0 Å². The summed E-state index contributed by atoms with van der Waals surface area (Å²) in [4.78, 5) is 26.0. The highest BCUT2D eigenvalue weighted by atomic mass is 16.4. The van der Waals surface area contributed by atoms with E-state index in [1.807, 2.05) is 35.2 Å². The van der Waals surface area contributed by atoms with Crippen LogP contribution in [0.4, 0.5) is 0 Å². The molecule has 4 heteroatoms. The average Bonchev–Trinajstić information content (AvgIpc) is 3.24. The fourth-order valence-corrected chi connectivity index (χ4v) is 3.39. The second-order valence-electron chi connectivity index (χ2n) is 6.40. The minimum atomic E-state index is -0.840. The van der Waals surface area contributed by atoms with Crippen LogP contribution >= 0.6 is 0 Å². The van der Waals surface area contributed by atoms with Gasteiger partial charge >= 0.3 is 5.97 Å². The highest BCUT2D eigenvalue weighted by molar-refractivity contribution is 5.84. The van der Waals surface area contributed by atoms with Crippen LogP contribution in [0.1, 0.15) is 31.7 Å². The van der Waals surface area contributed by atoms with Gasteiger partial charge in [0.2, 0.25) is 5.91 Å². The largest absolute Gasteiger partial charge is 0.481 e. The molecular formula is C17H21NO3. The topological polar surface area (TPSA) is 57.6 Å². The number of piperidine rings is 1. The number of rotatable bonds is 3. The highest BCUT2D eigenvalue weighted by Crippen LogP contribution is 2.41. The number of hydrogen-bond donors (Lipinski definition) is 1. The normalized spacial score (nSPS) is 27.2. The van der Waals surface area contributed by atoms with Gasteiger partial charge in [0.05, 0.1) is 5.41 Å². The van der Waals surface area contributed by atoms with Gasteiger partial charge in [0.1, 0.15) is 0 Å². The molecule has 1 amide bonds. The van der Waals surface area contributed by atoms with Crippen molar-refractivity contribution in [2.75, 3.05) is 13.1 Å². The molecule has 1 aliphatic carbocycles. The summed E-state index contributed by atoms with van der Waals surface area (Å²) in [6.45, 7) is 3.19. The van der Waals surface area contributed by atoms with Crippen molar-refractivity contribution < 1.29 is 14.7 Å². The van der Waals surface area contributed by atoms with Crippen molar-refractivity contribution in [2.45, 2.75) is 31.6 Å². The van der Waals surface area contributed by atoms with Gasteiger partial charge in [-0.25, -0.2) is 0 Å². The predicted octanol–water partition coefficient (Wildman–Crippen LogP) is 2.29. The van der Waals surface area contributed by atoms with Crippen LogP contribution in [-0.4, -0.2) is 35.0 Å². The number of amides is 1. The Hall–Kier alpha value is -1.84. The molecule has 1 aromatic carbocycles. The molecule has 2 fully saturated rings. The van der Waals surface area contributed by atoms with Crippen molar-refractivity contribution in [3.8, 4) is 0 Å². The van der Waals surface area contributed by atoms with Crippen LogP contribution in [0.3, 0.4) is 0 Å². The number of hydrogen-bond acceptors (Lipinski definition) is 2. The third kappa shape index (κ3) is 2.43. The van der Waals surface area contributed by atoms with Gasteiger partial charge in [0.25, 0.3) is 0 Å². The number of nitrogens with zero attached hydrogens (tertiary/aromatic N) is 1. The Kier molecular flexibility index (Phi) is 3.47. The summed E-state index contributed by atoms with van der Waals surface area (Å²) in [6.07, 6.45) is 1.98. The second kappa shape index (κ2) is 5.17. The molecule has 1 N–H and O–H groups in total. The SMILES string of the molecule is CC1CC1C(=O)N1CCC(C(=O)O)(c2ccccc2)CC1. The lowest BCUT2D eigenvalue weighted by atomic mass is 9.73. The zero-order valence-electron chi connectivity index (χ0n) is 12.3. The van der Waals surface area contributed by atoms with Gasteiger partial charge < -0.3 is 10.0 Å². The van der Waals surface area contributed by atoms with E-state index < -0.39 is 11.4 Å². The first-order valence-electron chi connectivity index (χ1n) is 7.62. The number of carboxylic acid groups (broad SMARTS) is 1. The lowest BCUT2D eigenvalue weighted by Gasteiger charge is -2.39. The van der Waals surface area contributed by atoms with Crippen molar-refractivity contribution in [3.63, 3.8) is 0 Å². The Morgan fingerprint density at radius 1 is 1.19 bits per heavy atom. The number of aliphatic carboxylic acids is 1. The Bertz CT molecular complexity index is 546. The number of carbonyl (C=O) groups excluding carboxylic acids is 1. The van der Waals surface area contributed by atoms with Gasteiger partial charge in [-0.15, -0.1) is 0 Å². The van der Waals surface area contributed by atoms with Crippen molar-refractivity contribution in [2.24, 2.45) is 11.8 Å². The van der Waals surface area contributed by atoms with Crippen LogP contribution < -0.4 is 0 Å². The first kappa shape index (κ1) is 14.1. The summed E-state index contributed by atoms with van der Waals surface area (Å²) in [5, 5.41) is 9.73. The predicted molar refractivity (Wildman–Crippen MR) is 78.8 cm³/mol. The van der Waals surface area contributed by atoms with E-state index in [-0.39, 0.29) is 11.8 Å². The van der Waals surface area contributed by atoms with Crippen LogP contribution in [0.15, 0.2) is 30.3 Å². The third-order valence-corrected chi connectivity index (χ3v) is 5.09. The van der Waals surface area contributed by atoms with Crippen LogP contribution in [0, 0.1) is 11.8 Å². The standard InChI is InChI=1S/C17H21NO3/c1-12-11-14(12)15(19)18-9-7-17(8-10-18,16(20)21)13-5-3-2-4-6-13/h2-6,12,14H,7-11H2,1H3,(H,20,21). The van der Waals surface area contributed by atoms with E-state index >= 15 is 0 Å². The van der Waals surface area contributed by atoms with Crippen molar-refractivity contribution in [1.82, 2.24) is 4.90 Å². The number of carbonyl (C=O) groups is 2. The average molecular weight is 287 g/mol. The number of benzene rings is 1. The Morgan fingerprint density at radius 3 is 2.24 bits per heavy atom. The molecule has 1 saturated carbocycles. The summed E-state index contributed by atoms with van der Waals surface area (Å²) in [5.74, 6) is 0.118. The van der Waals surface area contributed by atoms with Crippen LogP contribution in [-0.2, 0) is 15.0 Å². The summed E-state index contributed by atoms with van der Waals surface area (Å²) in [6, 6.07) is 9.42. The van der Waals surface area contributed by atoms with Gasteiger partial charge in [0, 0.05) is 19.0 Å². The molecule has 3 rings (SSSR count). The van der Waals surface area contributed by atoms with Crippen molar-refractivity contribution in [1.29, 1.82) is 0 Å². The van der Waals surface area contributed by atoms with Crippen LogP contribution in [0.25, 0.3) is 0 Å². The first-order valence-corrected chi connectivity index (χ1v) is 7.62. The number of likely N-dealkylation sites (tertiary alicyclic amines) is 1. The van der Waals surface area contributed by atoms with Gasteiger partial charge in [-0.05, 0) is 30.7 Å². The molecule has 0 radical (unpaired) electrons. The lowest BCUT2D eigenvalue weighted by Crippen LogP contribution is -2.49. The Balaban J connectivity index is 1.75. The molecule has 0 aromatic heterocycles. The number of carboxylic acids is 1. The van der Waals surface area contributed by atoms with Gasteiger partial charge in [-0.2, -0.15) is 0 Å². The molecule has 1 aliphatic heterocycles. The smallest absolute Gasteiger partial charge is 0.314 e. The summed E-state index contributed by atoms with van der Waals surface area (Å²) in [7, 11) is 0. The van der Waals surface area contributed by atoms with Crippen molar-refractivity contribution >= 4 is 11.9 Å². The van der Waals surface area contributed by atoms with Crippen molar-refractivity contribution in [3.05, 3.63) is 35.9 Å². The monoisotopic (exact) mass is 287 g/mol. The van der Waals surface area contributed by atoms with Gasteiger partial charge in [-0.3, -0.25) is 9.59 Å². The molecule has 1 heterocycles. The van der Waals surface area contributed by atoms with Gasteiger partial charge in [-0.1, -0.05) is 37.3 Å². The van der Waals surface area contributed by atoms with E-state index in [0.29, 0.717) is 31.8 Å². The van der Waals surface area contributed by atoms with E-state index in [4.69, 9.17) is 0 Å². The molecule has 2 aliphatic rings. The van der Waals surface area contributed by atoms with E-state index in [1.165, 1.54) is 0 Å². The molecule has 0 bridgehead atoms. The first-order chi connectivity index (χ1) is 10.0. The van der Waals surface area contributed by atoms with E-state index in [2.05, 4.69) is 6.92 Å².